The molecule has 0 bridgehead atoms. The third-order valence-electron chi connectivity index (χ3n) is 3.65. The number of hydrogen-bond donors (Lipinski definition) is 0. The van der Waals surface area contributed by atoms with Crippen LogP contribution in [-0.2, 0) is 19.9 Å². The molecular formula is C18H17BrNS+. The van der Waals surface area contributed by atoms with Crippen LogP contribution in [0.1, 0.15) is 10.6 Å². The number of halogens is 1. The largest absolute Gasteiger partial charge is 0.237 e. The van der Waals surface area contributed by atoms with Gasteiger partial charge in [-0.05, 0) is 36.2 Å². The Kier molecular flexibility index (Phi) is 4.51. The highest BCUT2D eigenvalue weighted by atomic mass is 79.9. The highest BCUT2D eigenvalue weighted by Crippen LogP contribution is 2.22. The molecule has 21 heavy (non-hydrogen) atoms. The van der Waals surface area contributed by atoms with Crippen molar-refractivity contribution in [1.29, 1.82) is 0 Å². The van der Waals surface area contributed by atoms with Crippen molar-refractivity contribution in [2.45, 2.75) is 12.8 Å². The van der Waals surface area contributed by atoms with Crippen LogP contribution in [0.15, 0.2) is 64.5 Å². The second-order valence-electron chi connectivity index (χ2n) is 5.07. The molecule has 1 heterocycles. The Labute approximate surface area is 138 Å². The van der Waals surface area contributed by atoms with Gasteiger partial charge in [0.25, 0.3) is 0 Å². The highest BCUT2D eigenvalue weighted by Gasteiger charge is 2.17. The first kappa shape index (κ1) is 14.5. The second kappa shape index (κ2) is 6.54. The lowest BCUT2D eigenvalue weighted by Gasteiger charge is -1.99. The smallest absolute Gasteiger partial charge is 0.189 e. The summed E-state index contributed by atoms with van der Waals surface area (Å²) in [6, 6.07) is 19.2. The summed E-state index contributed by atoms with van der Waals surface area (Å²) in [7, 11) is 2.16. The van der Waals surface area contributed by atoms with E-state index >= 15 is 0 Å². The topological polar surface area (TPSA) is 3.88 Å². The van der Waals surface area contributed by atoms with E-state index in [1.165, 1.54) is 21.8 Å². The van der Waals surface area contributed by atoms with Crippen LogP contribution in [0.25, 0.3) is 11.3 Å². The maximum absolute atomic E-state index is 3.49. The molecule has 0 aliphatic carbocycles. The fraction of sp³-hybridized carbons (Fsp3) is 0.167. The van der Waals surface area contributed by atoms with Crippen molar-refractivity contribution in [2.24, 2.45) is 7.05 Å². The average molecular weight is 359 g/mol. The molecule has 0 aliphatic heterocycles. The second-order valence-corrected chi connectivity index (χ2v) is 6.92. The van der Waals surface area contributed by atoms with E-state index in [-0.39, 0.29) is 0 Å². The van der Waals surface area contributed by atoms with Crippen molar-refractivity contribution in [3.63, 3.8) is 0 Å². The molecule has 3 rings (SSSR count). The van der Waals surface area contributed by atoms with Gasteiger partial charge in [-0.1, -0.05) is 57.6 Å². The molecule has 106 valence electrons. The fourth-order valence-corrected chi connectivity index (χ4v) is 3.70. The molecule has 1 nitrogen and oxygen atoms in total. The molecule has 0 N–H and O–H groups in total. The number of nitrogens with zero attached hydrogens (tertiary/aromatic N) is 1. The van der Waals surface area contributed by atoms with E-state index in [1.807, 2.05) is 11.3 Å². The van der Waals surface area contributed by atoms with E-state index in [0.29, 0.717) is 0 Å². The minimum atomic E-state index is 1.09. The first-order chi connectivity index (χ1) is 10.2. The van der Waals surface area contributed by atoms with Gasteiger partial charge < -0.3 is 0 Å². The molecule has 2 aromatic carbocycles. The zero-order valence-corrected chi connectivity index (χ0v) is 14.3. The summed E-state index contributed by atoms with van der Waals surface area (Å²) in [6.45, 7) is 0. The minimum Gasteiger partial charge on any atom is -0.189 e. The van der Waals surface area contributed by atoms with Gasteiger partial charge >= 0.3 is 0 Å². The Hall–Kier alpha value is -1.45. The van der Waals surface area contributed by atoms with Crippen LogP contribution in [0.3, 0.4) is 0 Å². The quantitative estimate of drug-likeness (QED) is 0.590. The lowest BCUT2D eigenvalue weighted by atomic mass is 10.1. The Morgan fingerprint density at radius 3 is 2.38 bits per heavy atom. The molecule has 0 saturated carbocycles. The number of benzene rings is 2. The van der Waals surface area contributed by atoms with Crippen molar-refractivity contribution >= 4 is 27.3 Å². The van der Waals surface area contributed by atoms with Crippen LogP contribution in [0.2, 0.25) is 0 Å². The first-order valence-electron chi connectivity index (χ1n) is 7.00. The average Bonchev–Trinajstić information content (AvgIpc) is 2.88. The molecule has 0 unspecified atom stereocenters. The fourth-order valence-electron chi connectivity index (χ4n) is 2.42. The van der Waals surface area contributed by atoms with E-state index in [2.05, 4.69) is 87.5 Å². The molecular weight excluding hydrogens is 342 g/mol. The van der Waals surface area contributed by atoms with Gasteiger partial charge in [0.15, 0.2) is 0 Å². The maximum atomic E-state index is 3.49. The Morgan fingerprint density at radius 2 is 1.67 bits per heavy atom. The summed E-state index contributed by atoms with van der Waals surface area (Å²) >= 11 is 5.33. The van der Waals surface area contributed by atoms with Gasteiger partial charge in [0, 0.05) is 16.5 Å². The molecule has 0 aliphatic rings. The van der Waals surface area contributed by atoms with Gasteiger partial charge in [-0.3, -0.25) is 0 Å². The third kappa shape index (κ3) is 3.42. The van der Waals surface area contributed by atoms with Crippen molar-refractivity contribution < 1.29 is 4.57 Å². The number of rotatable bonds is 4. The zero-order chi connectivity index (χ0) is 14.7. The minimum absolute atomic E-state index is 1.09. The van der Waals surface area contributed by atoms with Crippen molar-refractivity contribution in [1.82, 2.24) is 0 Å². The number of thiazole rings is 1. The molecule has 0 radical (unpaired) electrons. The van der Waals surface area contributed by atoms with E-state index in [9.17, 15) is 0 Å². The van der Waals surface area contributed by atoms with E-state index in [1.54, 1.807) is 0 Å². The van der Waals surface area contributed by atoms with Crippen LogP contribution in [-0.4, -0.2) is 0 Å². The van der Waals surface area contributed by atoms with Gasteiger partial charge in [0.2, 0.25) is 10.7 Å². The predicted octanol–water partition coefficient (Wildman–Crippen LogP) is 4.79. The molecule has 0 fully saturated rings. The van der Waals surface area contributed by atoms with E-state index in [4.69, 9.17) is 0 Å². The summed E-state index contributed by atoms with van der Waals surface area (Å²) in [5.74, 6) is 0. The monoisotopic (exact) mass is 358 g/mol. The summed E-state index contributed by atoms with van der Waals surface area (Å²) in [5.41, 5.74) is 3.95. The van der Waals surface area contributed by atoms with Crippen molar-refractivity contribution in [2.75, 3.05) is 0 Å². The number of aromatic nitrogens is 1. The Bertz CT molecular complexity index is 717. The SMILES string of the molecule is C[n+]1c(-c2ccc(Br)cc2)csc1CCc1ccccc1. The van der Waals surface area contributed by atoms with Crippen molar-refractivity contribution in [3.05, 3.63) is 75.0 Å². The molecule has 0 saturated heterocycles. The lowest BCUT2D eigenvalue weighted by molar-refractivity contribution is -0.663. The molecule has 1 aromatic heterocycles. The van der Waals surface area contributed by atoms with Crippen LogP contribution in [0.5, 0.6) is 0 Å². The standard InChI is InChI=1S/C18H17BrNS/c1-20-17(15-8-10-16(19)11-9-15)13-21-18(20)12-7-14-5-3-2-4-6-14/h2-6,8-11,13H,7,12H2,1H3/q+1. The van der Waals surface area contributed by atoms with Gasteiger partial charge in [-0.15, -0.1) is 0 Å². The predicted molar refractivity (Wildman–Crippen MR) is 92.5 cm³/mol. The van der Waals surface area contributed by atoms with Crippen LogP contribution >= 0.6 is 27.3 Å². The molecule has 3 aromatic rings. The van der Waals surface area contributed by atoms with Gasteiger partial charge in [0.1, 0.15) is 7.05 Å². The highest BCUT2D eigenvalue weighted by molar-refractivity contribution is 9.10. The summed E-state index contributed by atoms with van der Waals surface area (Å²) in [6.07, 6.45) is 2.18. The summed E-state index contributed by atoms with van der Waals surface area (Å²) < 4.78 is 3.44. The summed E-state index contributed by atoms with van der Waals surface area (Å²) in [5, 5.41) is 3.67. The Balaban J connectivity index is 1.78. The first-order valence-corrected chi connectivity index (χ1v) is 8.67. The zero-order valence-electron chi connectivity index (χ0n) is 11.9. The molecule has 0 spiro atoms. The summed E-state index contributed by atoms with van der Waals surface area (Å²) in [4.78, 5) is 0. The van der Waals surface area contributed by atoms with Gasteiger partial charge in [-0.25, -0.2) is 0 Å². The van der Waals surface area contributed by atoms with Crippen molar-refractivity contribution in [3.8, 4) is 11.3 Å². The third-order valence-corrected chi connectivity index (χ3v) is 5.27. The lowest BCUT2D eigenvalue weighted by Crippen LogP contribution is -2.32. The van der Waals surface area contributed by atoms with Crippen LogP contribution in [0, 0.1) is 0 Å². The van der Waals surface area contributed by atoms with Crippen LogP contribution < -0.4 is 4.57 Å². The number of aryl methyl sites for hydroxylation is 2. The van der Waals surface area contributed by atoms with Crippen LogP contribution in [0.4, 0.5) is 0 Å². The molecule has 0 amide bonds. The van der Waals surface area contributed by atoms with E-state index in [0.717, 1.165) is 17.3 Å². The van der Waals surface area contributed by atoms with Gasteiger partial charge in [-0.2, -0.15) is 4.57 Å². The molecule has 0 atom stereocenters. The van der Waals surface area contributed by atoms with E-state index < -0.39 is 0 Å². The maximum Gasteiger partial charge on any atom is 0.237 e. The Morgan fingerprint density at radius 1 is 0.952 bits per heavy atom. The normalized spacial score (nSPS) is 10.8. The molecule has 3 heteroatoms. The number of hydrogen-bond acceptors (Lipinski definition) is 1. The van der Waals surface area contributed by atoms with Gasteiger partial charge in [0.05, 0.1) is 5.38 Å².